The number of fused-ring (bicyclic) bond motifs is 1. The van der Waals surface area contributed by atoms with Crippen molar-refractivity contribution in [2.75, 3.05) is 0 Å². The number of nitrogens with zero attached hydrogens (tertiary/aromatic N) is 3. The lowest BCUT2D eigenvalue weighted by molar-refractivity contribution is -0.137. The molecule has 0 radical (unpaired) electrons. The molecule has 5 nitrogen and oxygen atoms in total. The Balaban J connectivity index is 1.49. The number of carboxylic acid groups (broad SMARTS) is 1. The molecule has 5 aliphatic rings. The molecular formula is C21H23N3O2. The van der Waals surface area contributed by atoms with Crippen LogP contribution in [0.3, 0.4) is 0 Å². The summed E-state index contributed by atoms with van der Waals surface area (Å²) in [5.74, 6) is 3.38. The van der Waals surface area contributed by atoms with Crippen LogP contribution in [0.5, 0.6) is 0 Å². The smallest absolute Gasteiger partial charge is 0.323 e. The molecule has 0 amide bonds. The van der Waals surface area contributed by atoms with Gasteiger partial charge in [0.25, 0.3) is 0 Å². The number of carbonyl (C=O) groups is 1. The fourth-order valence-corrected chi connectivity index (χ4v) is 7.46. The molecule has 0 aliphatic heterocycles. The van der Waals surface area contributed by atoms with Gasteiger partial charge in [0.05, 0.1) is 0 Å². The van der Waals surface area contributed by atoms with Gasteiger partial charge in [0.15, 0.2) is 5.82 Å². The van der Waals surface area contributed by atoms with E-state index in [1.165, 1.54) is 38.5 Å². The van der Waals surface area contributed by atoms with Gasteiger partial charge < -0.3 is 5.11 Å². The summed E-state index contributed by atoms with van der Waals surface area (Å²) in [5, 5.41) is 18.7. The molecule has 1 aromatic carbocycles. The second kappa shape index (κ2) is 4.76. The first kappa shape index (κ1) is 14.9. The molecule has 26 heavy (non-hydrogen) atoms. The second-order valence-electron chi connectivity index (χ2n) is 9.30. The lowest BCUT2D eigenvalue weighted by Gasteiger charge is -2.60. The molecule has 5 fully saturated rings. The van der Waals surface area contributed by atoms with Crippen molar-refractivity contribution in [3.05, 3.63) is 36.2 Å². The maximum absolute atomic E-state index is 11.6. The van der Waals surface area contributed by atoms with Crippen LogP contribution in [0, 0.1) is 23.2 Å². The van der Waals surface area contributed by atoms with E-state index in [4.69, 9.17) is 0 Å². The molecule has 1 aromatic heterocycles. The molecule has 7 rings (SSSR count). The first-order valence-electron chi connectivity index (χ1n) is 9.80. The van der Waals surface area contributed by atoms with Crippen LogP contribution in [0.2, 0.25) is 0 Å². The zero-order valence-corrected chi connectivity index (χ0v) is 14.8. The topological polar surface area (TPSA) is 68.0 Å². The van der Waals surface area contributed by atoms with Crippen LogP contribution >= 0.6 is 0 Å². The van der Waals surface area contributed by atoms with E-state index in [-0.39, 0.29) is 12.0 Å². The summed E-state index contributed by atoms with van der Waals surface area (Å²) in [6.45, 7) is -0.0555. The maximum atomic E-state index is 11.6. The molecular weight excluding hydrogens is 326 g/mol. The molecule has 5 aliphatic carbocycles. The highest BCUT2D eigenvalue weighted by molar-refractivity contribution is 5.68. The Labute approximate surface area is 152 Å². The van der Waals surface area contributed by atoms with Crippen molar-refractivity contribution >= 4 is 5.97 Å². The van der Waals surface area contributed by atoms with Gasteiger partial charge in [-0.3, -0.25) is 9.36 Å². The minimum atomic E-state index is -0.824. The summed E-state index contributed by atoms with van der Waals surface area (Å²) in [4.78, 5) is 11.6. The van der Waals surface area contributed by atoms with E-state index >= 15 is 0 Å². The monoisotopic (exact) mass is 349 g/mol. The number of carboxylic acids is 1. The fraction of sp³-hybridized carbons (Fsp3) is 0.571. The van der Waals surface area contributed by atoms with E-state index in [9.17, 15) is 9.90 Å². The van der Waals surface area contributed by atoms with Crippen LogP contribution in [-0.2, 0) is 16.8 Å². The van der Waals surface area contributed by atoms with Gasteiger partial charge in [0.1, 0.15) is 12.4 Å². The third-order valence-corrected chi connectivity index (χ3v) is 7.89. The van der Waals surface area contributed by atoms with Crippen molar-refractivity contribution in [2.45, 2.75) is 50.5 Å². The highest BCUT2D eigenvalue weighted by Gasteiger charge is 2.71. The minimum Gasteiger partial charge on any atom is -0.480 e. The normalized spacial score (nSPS) is 39.0. The SMILES string of the molecule is O=C(O)Cn1c(-c2ccccc2)nnc1C12CC3CC4CC(C3)(C1)[C@H]4C2. The average Bonchev–Trinajstić information content (AvgIpc) is 3.07. The quantitative estimate of drug-likeness (QED) is 0.917. The van der Waals surface area contributed by atoms with E-state index in [1.54, 1.807) is 0 Å². The van der Waals surface area contributed by atoms with E-state index in [0.717, 1.165) is 29.1 Å². The van der Waals surface area contributed by atoms with Gasteiger partial charge in [-0.15, -0.1) is 10.2 Å². The lowest BCUT2D eigenvalue weighted by Crippen LogP contribution is -2.52. The fourth-order valence-electron chi connectivity index (χ4n) is 7.46. The largest absolute Gasteiger partial charge is 0.480 e. The first-order valence-corrected chi connectivity index (χ1v) is 9.80. The third-order valence-electron chi connectivity index (χ3n) is 7.89. The van der Waals surface area contributed by atoms with Crippen molar-refractivity contribution in [1.29, 1.82) is 0 Å². The van der Waals surface area contributed by atoms with E-state index in [2.05, 4.69) is 10.2 Å². The number of aromatic nitrogens is 3. The molecule has 4 unspecified atom stereocenters. The summed E-state index contributed by atoms with van der Waals surface area (Å²) in [5.41, 5.74) is 1.53. The zero-order valence-electron chi connectivity index (χ0n) is 14.8. The number of hydrogen-bond acceptors (Lipinski definition) is 3. The highest BCUT2D eigenvalue weighted by Crippen LogP contribution is 2.78. The van der Waals surface area contributed by atoms with Gasteiger partial charge in [-0.2, -0.15) is 0 Å². The zero-order chi connectivity index (χ0) is 17.5. The Bertz CT molecular complexity index is 905. The Hall–Kier alpha value is -2.17. The molecule has 5 saturated carbocycles. The number of hydrogen-bond donors (Lipinski definition) is 1. The molecule has 1 heterocycles. The van der Waals surface area contributed by atoms with Crippen molar-refractivity contribution in [3.8, 4) is 11.4 Å². The van der Waals surface area contributed by atoms with E-state index in [0.29, 0.717) is 11.2 Å². The predicted molar refractivity (Wildman–Crippen MR) is 95.4 cm³/mol. The summed E-state index contributed by atoms with van der Waals surface area (Å²) in [7, 11) is 0. The van der Waals surface area contributed by atoms with Crippen LogP contribution < -0.4 is 0 Å². The van der Waals surface area contributed by atoms with Crippen LogP contribution in [0.1, 0.15) is 44.3 Å². The number of rotatable bonds is 4. The molecule has 1 N–H and O–H groups in total. The minimum absolute atomic E-state index is 0.0499. The van der Waals surface area contributed by atoms with Crippen molar-refractivity contribution < 1.29 is 9.90 Å². The summed E-state index contributed by atoms with van der Waals surface area (Å²) in [6.07, 6.45) is 7.75. The van der Waals surface area contributed by atoms with Gasteiger partial charge in [-0.05, 0) is 61.7 Å². The van der Waals surface area contributed by atoms with Crippen molar-refractivity contribution in [1.82, 2.24) is 14.8 Å². The molecule has 5 atom stereocenters. The Morgan fingerprint density at radius 1 is 1.15 bits per heavy atom. The number of benzene rings is 1. The molecule has 4 bridgehead atoms. The Morgan fingerprint density at radius 3 is 2.81 bits per heavy atom. The van der Waals surface area contributed by atoms with Crippen LogP contribution in [-0.4, -0.2) is 25.8 Å². The second-order valence-corrected chi connectivity index (χ2v) is 9.30. The molecule has 134 valence electrons. The van der Waals surface area contributed by atoms with Gasteiger partial charge in [0, 0.05) is 11.0 Å². The van der Waals surface area contributed by atoms with Crippen LogP contribution in [0.25, 0.3) is 11.4 Å². The summed E-state index contributed by atoms with van der Waals surface area (Å²) < 4.78 is 1.90. The average molecular weight is 349 g/mol. The maximum Gasteiger partial charge on any atom is 0.323 e. The van der Waals surface area contributed by atoms with Gasteiger partial charge in [0.2, 0.25) is 0 Å². The van der Waals surface area contributed by atoms with E-state index < -0.39 is 5.97 Å². The molecule has 1 spiro atoms. The predicted octanol–water partition coefficient (Wildman–Crippen LogP) is 3.50. The van der Waals surface area contributed by atoms with Crippen molar-refractivity contribution in [3.63, 3.8) is 0 Å². The Morgan fingerprint density at radius 2 is 2.00 bits per heavy atom. The lowest BCUT2D eigenvalue weighted by atomic mass is 9.44. The van der Waals surface area contributed by atoms with Crippen molar-refractivity contribution in [2.24, 2.45) is 23.2 Å². The van der Waals surface area contributed by atoms with Gasteiger partial charge >= 0.3 is 5.97 Å². The Kier molecular flexibility index (Phi) is 2.73. The first-order chi connectivity index (χ1) is 12.6. The van der Waals surface area contributed by atoms with Crippen LogP contribution in [0.15, 0.2) is 30.3 Å². The molecule has 0 saturated heterocycles. The van der Waals surface area contributed by atoms with Crippen LogP contribution in [0.4, 0.5) is 0 Å². The van der Waals surface area contributed by atoms with E-state index in [1.807, 2.05) is 34.9 Å². The summed E-state index contributed by atoms with van der Waals surface area (Å²) in [6, 6.07) is 9.87. The summed E-state index contributed by atoms with van der Waals surface area (Å²) >= 11 is 0. The standard InChI is InChI=1S/C21H23N3O2/c25-17(26)11-24-18(14-4-2-1-3-5-14)22-23-19(24)21-8-13-6-15-9-20(7-13,12-21)16(15)10-21/h1-5,13,15-16H,6-12H2,(H,25,26)/t13?,15?,16-,20?,21?/m0/s1. The molecule has 5 heteroatoms. The van der Waals surface area contributed by atoms with Gasteiger partial charge in [-0.1, -0.05) is 30.3 Å². The third kappa shape index (κ3) is 1.79. The number of aliphatic carboxylic acids is 1. The molecule has 2 aromatic rings. The van der Waals surface area contributed by atoms with Gasteiger partial charge in [-0.25, -0.2) is 0 Å². The highest BCUT2D eigenvalue weighted by atomic mass is 16.4.